The van der Waals surface area contributed by atoms with Gasteiger partial charge in [0, 0.05) is 25.8 Å². The van der Waals surface area contributed by atoms with Crippen molar-refractivity contribution >= 4 is 35.8 Å². The maximum absolute atomic E-state index is 5.91. The van der Waals surface area contributed by atoms with Crippen molar-refractivity contribution in [1.82, 2.24) is 10.3 Å². The molecule has 2 heterocycles. The van der Waals surface area contributed by atoms with Crippen molar-refractivity contribution in [3.05, 3.63) is 23.9 Å². The van der Waals surface area contributed by atoms with Crippen LogP contribution in [0.5, 0.6) is 0 Å². The predicted octanol–water partition coefficient (Wildman–Crippen LogP) is 4.06. The number of aromatic nitrogens is 1. The van der Waals surface area contributed by atoms with Crippen molar-refractivity contribution in [3.63, 3.8) is 0 Å². The Kier molecular flexibility index (Phi) is 11.6. The molecular weight excluding hydrogens is 425 g/mol. The lowest BCUT2D eigenvalue weighted by atomic mass is 10.2. The van der Waals surface area contributed by atoms with E-state index in [2.05, 4.69) is 39.2 Å². The van der Waals surface area contributed by atoms with Crippen LogP contribution >= 0.6 is 24.0 Å². The molecule has 3 N–H and O–H groups in total. The molecule has 1 aromatic heterocycles. The second-order valence-electron chi connectivity index (χ2n) is 6.61. The summed E-state index contributed by atoms with van der Waals surface area (Å²) in [7, 11) is 0. The number of hydrogen-bond donors (Lipinski definition) is 2. The number of nitrogens with two attached hydrogens (primary N) is 1. The van der Waals surface area contributed by atoms with E-state index in [0.29, 0.717) is 12.5 Å². The number of aliphatic imine (C=N–C) groups is 1. The minimum atomic E-state index is 0. The Morgan fingerprint density at radius 1 is 1.16 bits per heavy atom. The second kappa shape index (κ2) is 13.2. The number of unbranched alkanes of at least 4 members (excludes halogenated alkanes) is 3. The van der Waals surface area contributed by atoms with Crippen molar-refractivity contribution in [2.45, 2.75) is 64.8 Å². The van der Waals surface area contributed by atoms with Crippen LogP contribution in [-0.4, -0.2) is 30.6 Å². The van der Waals surface area contributed by atoms with Gasteiger partial charge in [0.15, 0.2) is 5.96 Å². The number of nitrogens with one attached hydrogen (secondary N) is 1. The normalized spacial score (nSPS) is 15.4. The summed E-state index contributed by atoms with van der Waals surface area (Å²) in [5.41, 5.74) is 7.01. The highest BCUT2D eigenvalue weighted by Crippen LogP contribution is 2.17. The molecule has 0 radical (unpaired) electrons. The zero-order chi connectivity index (χ0) is 17.0. The van der Waals surface area contributed by atoms with Crippen molar-refractivity contribution in [3.8, 4) is 0 Å². The lowest BCUT2D eigenvalue weighted by molar-refractivity contribution is 0.652. The molecule has 0 atom stereocenters. The average Bonchev–Trinajstić information content (AvgIpc) is 2.90. The Morgan fingerprint density at radius 2 is 1.92 bits per heavy atom. The first kappa shape index (κ1) is 22.0. The van der Waals surface area contributed by atoms with E-state index in [0.717, 1.165) is 37.4 Å². The zero-order valence-electron chi connectivity index (χ0n) is 15.5. The van der Waals surface area contributed by atoms with Crippen LogP contribution in [0.1, 0.15) is 63.9 Å². The average molecular weight is 459 g/mol. The molecule has 0 spiro atoms. The van der Waals surface area contributed by atoms with E-state index in [1.807, 2.05) is 6.20 Å². The maximum Gasteiger partial charge on any atom is 0.188 e. The minimum Gasteiger partial charge on any atom is -0.370 e. The van der Waals surface area contributed by atoms with Crippen LogP contribution in [-0.2, 0) is 6.54 Å². The molecule has 25 heavy (non-hydrogen) atoms. The highest BCUT2D eigenvalue weighted by Gasteiger charge is 2.10. The lowest BCUT2D eigenvalue weighted by Gasteiger charge is -2.21. The Balaban J connectivity index is 0.00000312. The van der Waals surface area contributed by atoms with Gasteiger partial charge in [0.1, 0.15) is 5.82 Å². The van der Waals surface area contributed by atoms with Crippen molar-refractivity contribution in [1.29, 1.82) is 0 Å². The summed E-state index contributed by atoms with van der Waals surface area (Å²) in [5.74, 6) is 1.62. The first-order valence-corrected chi connectivity index (χ1v) is 9.53. The molecule has 0 aromatic carbocycles. The third kappa shape index (κ3) is 8.74. The lowest BCUT2D eigenvalue weighted by Crippen LogP contribution is -2.32. The molecule has 1 saturated heterocycles. The quantitative estimate of drug-likeness (QED) is 0.266. The molecule has 1 aliphatic heterocycles. The number of rotatable bonds is 8. The number of nitrogens with zero attached hydrogens (tertiary/aromatic N) is 3. The van der Waals surface area contributed by atoms with Crippen molar-refractivity contribution < 1.29 is 0 Å². The summed E-state index contributed by atoms with van der Waals surface area (Å²) < 4.78 is 0. The maximum atomic E-state index is 5.91. The molecular formula is C19H34IN5. The number of hydrogen-bond acceptors (Lipinski definition) is 3. The summed E-state index contributed by atoms with van der Waals surface area (Å²) >= 11 is 0. The van der Waals surface area contributed by atoms with Gasteiger partial charge in [0.2, 0.25) is 0 Å². The minimum absolute atomic E-state index is 0. The van der Waals surface area contributed by atoms with Crippen LogP contribution in [0.2, 0.25) is 0 Å². The first-order valence-electron chi connectivity index (χ1n) is 9.53. The smallest absolute Gasteiger partial charge is 0.188 e. The molecule has 0 aliphatic carbocycles. The molecule has 1 aliphatic rings. The van der Waals surface area contributed by atoms with E-state index in [9.17, 15) is 0 Å². The molecule has 6 heteroatoms. The summed E-state index contributed by atoms with van der Waals surface area (Å²) in [6.07, 6.45) is 12.1. The van der Waals surface area contributed by atoms with Gasteiger partial charge in [-0.3, -0.25) is 0 Å². The van der Waals surface area contributed by atoms with Crippen molar-refractivity contribution in [2.75, 3.05) is 24.5 Å². The van der Waals surface area contributed by atoms with Crippen LogP contribution in [0.3, 0.4) is 0 Å². The fourth-order valence-electron chi connectivity index (χ4n) is 3.00. The molecule has 1 fully saturated rings. The Bertz CT molecular complexity index is 481. The van der Waals surface area contributed by atoms with Crippen LogP contribution in [0.25, 0.3) is 0 Å². The molecule has 0 bridgehead atoms. The summed E-state index contributed by atoms with van der Waals surface area (Å²) in [5, 5.41) is 3.18. The Labute approximate surface area is 169 Å². The van der Waals surface area contributed by atoms with Crippen molar-refractivity contribution in [2.24, 2.45) is 10.7 Å². The van der Waals surface area contributed by atoms with E-state index >= 15 is 0 Å². The predicted molar refractivity (Wildman–Crippen MR) is 118 cm³/mol. The number of guanidine groups is 1. The molecule has 5 nitrogen and oxygen atoms in total. The molecule has 1 aromatic rings. The Hall–Kier alpha value is -1.05. The molecule has 2 rings (SSSR count). The topological polar surface area (TPSA) is 66.5 Å². The van der Waals surface area contributed by atoms with Gasteiger partial charge in [0.25, 0.3) is 0 Å². The summed E-state index contributed by atoms with van der Waals surface area (Å²) in [4.78, 5) is 11.4. The fourth-order valence-corrected chi connectivity index (χ4v) is 3.00. The number of pyridine rings is 1. The summed E-state index contributed by atoms with van der Waals surface area (Å²) in [6.45, 7) is 5.96. The molecule has 142 valence electrons. The molecule has 0 amide bonds. The van der Waals surface area contributed by atoms with E-state index in [1.165, 1.54) is 44.9 Å². The van der Waals surface area contributed by atoms with Crippen LogP contribution in [0.4, 0.5) is 5.82 Å². The van der Waals surface area contributed by atoms with Gasteiger partial charge in [-0.25, -0.2) is 9.98 Å². The fraction of sp³-hybridized carbons (Fsp3) is 0.684. The third-order valence-corrected chi connectivity index (χ3v) is 4.51. The second-order valence-corrected chi connectivity index (χ2v) is 6.61. The van der Waals surface area contributed by atoms with Gasteiger partial charge in [-0.2, -0.15) is 0 Å². The largest absolute Gasteiger partial charge is 0.370 e. The van der Waals surface area contributed by atoms with Crippen LogP contribution < -0.4 is 16.0 Å². The van der Waals surface area contributed by atoms with Gasteiger partial charge < -0.3 is 16.0 Å². The van der Waals surface area contributed by atoms with Gasteiger partial charge in [0.05, 0.1) is 6.54 Å². The zero-order valence-corrected chi connectivity index (χ0v) is 17.9. The van der Waals surface area contributed by atoms with Crippen LogP contribution in [0, 0.1) is 0 Å². The van der Waals surface area contributed by atoms with Gasteiger partial charge in [-0.1, -0.05) is 45.1 Å². The van der Waals surface area contributed by atoms with E-state index in [4.69, 9.17) is 5.73 Å². The van der Waals surface area contributed by atoms with E-state index in [-0.39, 0.29) is 24.0 Å². The standard InChI is InChI=1S/C19H33N5.HI/c1-2-3-4-7-12-21-19(20)23-16-17-10-11-18(22-15-17)24-13-8-5-6-9-14-24;/h10-11,15H,2-9,12-14,16H2,1H3,(H3,20,21,23);1H. The molecule has 0 unspecified atom stereocenters. The van der Waals surface area contributed by atoms with Gasteiger partial charge in [-0.15, -0.1) is 24.0 Å². The van der Waals surface area contributed by atoms with E-state index < -0.39 is 0 Å². The van der Waals surface area contributed by atoms with Gasteiger partial charge >= 0.3 is 0 Å². The van der Waals surface area contributed by atoms with E-state index in [1.54, 1.807) is 0 Å². The monoisotopic (exact) mass is 459 g/mol. The summed E-state index contributed by atoms with van der Waals surface area (Å²) in [6, 6.07) is 4.23. The third-order valence-electron chi connectivity index (χ3n) is 4.51. The number of halogens is 1. The number of anilines is 1. The Morgan fingerprint density at radius 3 is 2.56 bits per heavy atom. The highest BCUT2D eigenvalue weighted by atomic mass is 127. The highest BCUT2D eigenvalue weighted by molar-refractivity contribution is 14.0. The van der Waals surface area contributed by atoms with Gasteiger partial charge in [-0.05, 0) is 30.9 Å². The SMILES string of the molecule is CCCCCCNC(N)=NCc1ccc(N2CCCCCC2)nc1.I. The van der Waals surface area contributed by atoms with Crippen LogP contribution in [0.15, 0.2) is 23.3 Å². The first-order chi connectivity index (χ1) is 11.8. The molecule has 0 saturated carbocycles.